The Labute approximate surface area is 113 Å². The van der Waals surface area contributed by atoms with Gasteiger partial charge in [0.1, 0.15) is 0 Å². The van der Waals surface area contributed by atoms with Crippen LogP contribution in [0, 0.1) is 29.6 Å². The highest BCUT2D eigenvalue weighted by Crippen LogP contribution is 2.03. The van der Waals surface area contributed by atoms with Crippen LogP contribution in [0.2, 0.25) is 0 Å². The summed E-state index contributed by atoms with van der Waals surface area (Å²) in [4.78, 5) is 11.2. The first-order valence-electron chi connectivity index (χ1n) is 7.17. The van der Waals surface area contributed by atoms with Crippen LogP contribution >= 0.6 is 0 Å². The summed E-state index contributed by atoms with van der Waals surface area (Å²) in [6.07, 6.45) is 8.97. The van der Waals surface area contributed by atoms with E-state index in [0.717, 1.165) is 12.8 Å². The predicted molar refractivity (Wildman–Crippen MR) is 78.0 cm³/mol. The lowest BCUT2D eigenvalue weighted by Gasteiger charge is -1.94. The highest BCUT2D eigenvalue weighted by Gasteiger charge is 2.00. The van der Waals surface area contributed by atoms with Gasteiger partial charge >= 0.3 is 0 Å². The van der Waals surface area contributed by atoms with E-state index in [2.05, 4.69) is 30.6 Å². The Balaban J connectivity index is 3.47. The summed E-state index contributed by atoms with van der Waals surface area (Å²) in [5, 5.41) is 0. The molecular weight excluding hydrogens is 220 g/mol. The van der Waals surface area contributed by atoms with Crippen molar-refractivity contribution >= 4 is 5.78 Å². The van der Waals surface area contributed by atoms with Crippen LogP contribution in [0.1, 0.15) is 72.1 Å². The molecule has 0 aromatic heterocycles. The van der Waals surface area contributed by atoms with Crippen LogP contribution in [-0.4, -0.2) is 5.78 Å². The van der Waals surface area contributed by atoms with Gasteiger partial charge in [0.25, 0.3) is 0 Å². The van der Waals surface area contributed by atoms with E-state index in [1.807, 2.05) is 13.8 Å². The van der Waals surface area contributed by atoms with Gasteiger partial charge in [0.2, 0.25) is 5.78 Å². The fraction of sp³-hybridized carbons (Fsp3) is 0.706. The molecule has 18 heavy (non-hydrogen) atoms. The van der Waals surface area contributed by atoms with Crippen molar-refractivity contribution < 1.29 is 4.79 Å². The Kier molecular flexibility index (Phi) is 11.4. The molecule has 0 aromatic rings. The van der Waals surface area contributed by atoms with Gasteiger partial charge in [-0.05, 0) is 12.3 Å². The summed E-state index contributed by atoms with van der Waals surface area (Å²) in [6.45, 7) is 5.97. The minimum Gasteiger partial charge on any atom is -0.285 e. The number of hydrogen-bond acceptors (Lipinski definition) is 1. The van der Waals surface area contributed by atoms with E-state index in [1.54, 1.807) is 0 Å². The van der Waals surface area contributed by atoms with E-state index in [1.165, 1.54) is 32.1 Å². The molecule has 0 saturated heterocycles. The third kappa shape index (κ3) is 11.3. The highest BCUT2D eigenvalue weighted by atomic mass is 16.1. The van der Waals surface area contributed by atoms with Crippen LogP contribution in [0.5, 0.6) is 0 Å². The minimum absolute atomic E-state index is 0.0201. The average molecular weight is 246 g/mol. The molecule has 0 aromatic carbocycles. The van der Waals surface area contributed by atoms with Gasteiger partial charge in [-0.2, -0.15) is 0 Å². The Bertz CT molecular complexity index is 330. The normalized spacial score (nSPS) is 9.33. The predicted octanol–water partition coefficient (Wildman–Crippen LogP) is 4.36. The molecule has 0 saturated carbocycles. The zero-order valence-corrected chi connectivity index (χ0v) is 12.1. The Morgan fingerprint density at radius 2 is 1.50 bits per heavy atom. The van der Waals surface area contributed by atoms with Crippen molar-refractivity contribution in [3.63, 3.8) is 0 Å². The molecule has 0 rings (SSSR count). The Hall–Kier alpha value is -1.21. The molecule has 100 valence electrons. The first-order chi connectivity index (χ1) is 8.68. The summed E-state index contributed by atoms with van der Waals surface area (Å²) in [6, 6.07) is 0. The lowest BCUT2D eigenvalue weighted by Crippen LogP contribution is -2.02. The van der Waals surface area contributed by atoms with Crippen LogP contribution in [0.15, 0.2) is 0 Å². The van der Waals surface area contributed by atoms with Gasteiger partial charge in [0, 0.05) is 25.2 Å². The zero-order valence-electron chi connectivity index (χ0n) is 12.1. The smallest absolute Gasteiger partial charge is 0.207 e. The molecule has 0 spiro atoms. The number of Topliss-reactive ketones (excluding diaryl/α,β-unsaturated/α-hetero) is 1. The van der Waals surface area contributed by atoms with Crippen LogP contribution in [0.25, 0.3) is 0 Å². The van der Waals surface area contributed by atoms with Gasteiger partial charge in [-0.1, -0.05) is 52.4 Å². The van der Waals surface area contributed by atoms with Gasteiger partial charge in [-0.3, -0.25) is 4.79 Å². The fourth-order valence-corrected chi connectivity index (χ4v) is 1.41. The summed E-state index contributed by atoms with van der Waals surface area (Å²) >= 11 is 0. The second-order valence-corrected chi connectivity index (χ2v) is 4.84. The lowest BCUT2D eigenvalue weighted by atomic mass is 10.1. The summed E-state index contributed by atoms with van der Waals surface area (Å²) in [5.74, 6) is 11.9. The van der Waals surface area contributed by atoms with E-state index >= 15 is 0 Å². The molecule has 0 atom stereocenters. The molecule has 0 fully saturated rings. The first kappa shape index (κ1) is 16.8. The molecule has 0 amide bonds. The molecule has 1 nitrogen and oxygen atoms in total. The fourth-order valence-electron chi connectivity index (χ4n) is 1.41. The van der Waals surface area contributed by atoms with Crippen LogP contribution in [0.4, 0.5) is 0 Å². The maximum atomic E-state index is 11.2. The van der Waals surface area contributed by atoms with Crippen molar-refractivity contribution in [1.29, 1.82) is 0 Å². The van der Waals surface area contributed by atoms with Gasteiger partial charge in [-0.25, -0.2) is 0 Å². The molecule has 0 aliphatic carbocycles. The molecule has 0 radical (unpaired) electrons. The van der Waals surface area contributed by atoms with Gasteiger partial charge in [0.15, 0.2) is 0 Å². The van der Waals surface area contributed by atoms with Crippen molar-refractivity contribution in [2.75, 3.05) is 0 Å². The molecule has 0 heterocycles. The van der Waals surface area contributed by atoms with Crippen molar-refractivity contribution in [1.82, 2.24) is 0 Å². The number of hydrogen-bond donors (Lipinski definition) is 0. The Morgan fingerprint density at radius 3 is 2.17 bits per heavy atom. The van der Waals surface area contributed by atoms with Crippen LogP contribution in [0.3, 0.4) is 0 Å². The number of rotatable bonds is 7. The second-order valence-electron chi connectivity index (χ2n) is 4.84. The van der Waals surface area contributed by atoms with Crippen molar-refractivity contribution in [3.8, 4) is 23.7 Å². The Morgan fingerprint density at radius 1 is 0.889 bits per heavy atom. The highest BCUT2D eigenvalue weighted by molar-refractivity contribution is 5.96. The summed E-state index contributed by atoms with van der Waals surface area (Å²) in [7, 11) is 0. The number of carbonyl (C=O) groups is 1. The van der Waals surface area contributed by atoms with E-state index in [4.69, 9.17) is 0 Å². The van der Waals surface area contributed by atoms with E-state index in [-0.39, 0.29) is 11.7 Å². The molecule has 0 aliphatic heterocycles. The maximum absolute atomic E-state index is 11.2. The summed E-state index contributed by atoms with van der Waals surface area (Å²) < 4.78 is 0. The number of carbonyl (C=O) groups excluding carboxylic acids is 1. The molecule has 0 bridgehead atoms. The molecule has 1 heteroatoms. The zero-order chi connectivity index (χ0) is 13.6. The first-order valence-corrected chi connectivity index (χ1v) is 7.17. The van der Waals surface area contributed by atoms with E-state index in [9.17, 15) is 4.79 Å². The number of unbranched alkanes of at least 4 members (excludes halogenated alkanes) is 6. The van der Waals surface area contributed by atoms with E-state index in [0.29, 0.717) is 6.42 Å². The van der Waals surface area contributed by atoms with Gasteiger partial charge in [0.05, 0.1) is 0 Å². The molecular formula is C17H26O. The topological polar surface area (TPSA) is 17.1 Å². The van der Waals surface area contributed by atoms with Gasteiger partial charge in [-0.15, -0.1) is 11.8 Å². The number of ketones is 1. The second kappa shape index (κ2) is 12.3. The third-order valence-electron chi connectivity index (χ3n) is 2.64. The summed E-state index contributed by atoms with van der Waals surface area (Å²) in [5.41, 5.74) is 0. The van der Waals surface area contributed by atoms with Crippen molar-refractivity contribution in [2.45, 2.75) is 72.1 Å². The van der Waals surface area contributed by atoms with E-state index < -0.39 is 0 Å². The standard InChI is InChI=1S/C17H26O/c1-4-5-6-7-8-9-10-11-12-13-14-15-17(18)16(2)3/h16H,4-9,12-13H2,1-3H3. The lowest BCUT2D eigenvalue weighted by molar-refractivity contribution is -0.116. The van der Waals surface area contributed by atoms with Crippen molar-refractivity contribution in [3.05, 3.63) is 0 Å². The molecule has 0 aliphatic rings. The minimum atomic E-state index is 0.0201. The third-order valence-corrected chi connectivity index (χ3v) is 2.64. The van der Waals surface area contributed by atoms with Gasteiger partial charge < -0.3 is 0 Å². The molecule has 0 N–H and O–H groups in total. The van der Waals surface area contributed by atoms with Crippen LogP contribution in [-0.2, 0) is 4.79 Å². The largest absolute Gasteiger partial charge is 0.285 e. The quantitative estimate of drug-likeness (QED) is 0.370. The average Bonchev–Trinajstić information content (AvgIpc) is 2.35. The van der Waals surface area contributed by atoms with Crippen LogP contribution < -0.4 is 0 Å². The SMILES string of the molecule is CCCCCCCC#CCCC#CC(=O)C(C)C. The van der Waals surface area contributed by atoms with Crippen molar-refractivity contribution in [2.24, 2.45) is 5.92 Å². The maximum Gasteiger partial charge on any atom is 0.207 e. The monoisotopic (exact) mass is 246 g/mol. The molecule has 0 unspecified atom stereocenters.